The van der Waals surface area contributed by atoms with Crippen LogP contribution in [0.15, 0.2) is 18.2 Å². The minimum atomic E-state index is 0.0766. The van der Waals surface area contributed by atoms with E-state index in [0.717, 1.165) is 16.8 Å². The molecule has 1 heterocycles. The zero-order chi connectivity index (χ0) is 10.1. The summed E-state index contributed by atoms with van der Waals surface area (Å²) in [5.41, 5.74) is 3.16. The maximum Gasteiger partial charge on any atom is 0.228 e. The zero-order valence-corrected chi connectivity index (χ0v) is 9.39. The van der Waals surface area contributed by atoms with Crippen LogP contribution in [0.4, 0.5) is 5.69 Å². The highest BCUT2D eigenvalue weighted by Crippen LogP contribution is 2.28. The monoisotopic (exact) mass is 254 g/mol. The molecular weight excluding hydrogens is 244 g/mol. The first-order chi connectivity index (χ1) is 6.70. The molecule has 0 bridgehead atoms. The van der Waals surface area contributed by atoms with E-state index in [9.17, 15) is 4.79 Å². The lowest BCUT2D eigenvalue weighted by atomic mass is 10.1. The summed E-state index contributed by atoms with van der Waals surface area (Å²) in [6, 6.07) is 5.99. The predicted molar refractivity (Wildman–Crippen MR) is 59.5 cm³/mol. The largest absolute Gasteiger partial charge is 0.326 e. The maximum absolute atomic E-state index is 11.1. The number of carbonyl (C=O) groups excluding carboxylic acids is 1. The van der Waals surface area contributed by atoms with Gasteiger partial charge < -0.3 is 10.6 Å². The molecule has 2 rings (SSSR count). The number of carbonyl (C=O) groups is 1. The molecule has 0 fully saturated rings. The van der Waals surface area contributed by atoms with E-state index in [1.54, 1.807) is 0 Å². The highest BCUT2D eigenvalue weighted by atomic mass is 79.9. The fourth-order valence-electron chi connectivity index (χ4n) is 1.57. The van der Waals surface area contributed by atoms with E-state index in [1.807, 2.05) is 25.2 Å². The Morgan fingerprint density at radius 2 is 2.36 bits per heavy atom. The molecular formula is C10H11BrN2O. The number of nitrogens with one attached hydrogen (secondary N) is 2. The van der Waals surface area contributed by atoms with Crippen LogP contribution in [0.3, 0.4) is 0 Å². The number of hydrogen-bond donors (Lipinski definition) is 2. The minimum absolute atomic E-state index is 0.0766. The molecule has 14 heavy (non-hydrogen) atoms. The van der Waals surface area contributed by atoms with E-state index < -0.39 is 0 Å². The molecule has 1 atom stereocenters. The molecule has 0 spiro atoms. The lowest BCUT2D eigenvalue weighted by Gasteiger charge is -2.09. The number of rotatable bonds is 2. The van der Waals surface area contributed by atoms with Gasteiger partial charge >= 0.3 is 0 Å². The lowest BCUT2D eigenvalue weighted by molar-refractivity contribution is -0.115. The van der Waals surface area contributed by atoms with Crippen molar-refractivity contribution < 1.29 is 4.79 Å². The van der Waals surface area contributed by atoms with Crippen molar-refractivity contribution in [1.29, 1.82) is 0 Å². The van der Waals surface area contributed by atoms with Gasteiger partial charge in [-0.15, -0.1) is 0 Å². The van der Waals surface area contributed by atoms with Crippen molar-refractivity contribution in [1.82, 2.24) is 5.32 Å². The van der Waals surface area contributed by atoms with Crippen molar-refractivity contribution in [3.63, 3.8) is 0 Å². The Hall–Kier alpha value is -0.870. The summed E-state index contributed by atoms with van der Waals surface area (Å²) in [5.74, 6) is 0.0766. The second-order valence-electron chi connectivity index (χ2n) is 3.29. The second-order valence-corrected chi connectivity index (χ2v) is 4.21. The van der Waals surface area contributed by atoms with Gasteiger partial charge in [0.05, 0.1) is 11.4 Å². The highest BCUT2D eigenvalue weighted by molar-refractivity contribution is 9.09. The first kappa shape index (κ1) is 9.68. The Bertz CT molecular complexity index is 378. The highest BCUT2D eigenvalue weighted by Gasteiger charge is 2.18. The van der Waals surface area contributed by atoms with Gasteiger partial charge in [-0.1, -0.05) is 28.1 Å². The third-order valence-electron chi connectivity index (χ3n) is 2.30. The van der Waals surface area contributed by atoms with E-state index in [-0.39, 0.29) is 10.9 Å². The summed E-state index contributed by atoms with van der Waals surface area (Å²) >= 11 is 3.49. The van der Waals surface area contributed by atoms with Crippen LogP contribution >= 0.6 is 15.9 Å². The summed E-state index contributed by atoms with van der Waals surface area (Å²) in [5, 5.41) is 5.90. The van der Waals surface area contributed by atoms with Gasteiger partial charge in [0.25, 0.3) is 0 Å². The smallest absolute Gasteiger partial charge is 0.228 e. The van der Waals surface area contributed by atoms with Gasteiger partial charge in [0, 0.05) is 5.69 Å². The standard InChI is InChI=1S/C10H11BrN2O/c1-12-10(11)6-2-3-8-7(4-6)5-9(14)13-8/h2-4,10,12H,5H2,1H3,(H,13,14). The quantitative estimate of drug-likeness (QED) is 0.625. The van der Waals surface area contributed by atoms with Crippen LogP contribution in [0.5, 0.6) is 0 Å². The van der Waals surface area contributed by atoms with Crippen molar-refractivity contribution in [2.24, 2.45) is 0 Å². The number of benzene rings is 1. The van der Waals surface area contributed by atoms with Crippen LogP contribution in [0.2, 0.25) is 0 Å². The van der Waals surface area contributed by atoms with Gasteiger partial charge in [-0.2, -0.15) is 0 Å². The first-order valence-electron chi connectivity index (χ1n) is 4.44. The zero-order valence-electron chi connectivity index (χ0n) is 7.80. The lowest BCUT2D eigenvalue weighted by Crippen LogP contribution is -2.09. The van der Waals surface area contributed by atoms with E-state index in [2.05, 4.69) is 26.6 Å². The van der Waals surface area contributed by atoms with E-state index in [4.69, 9.17) is 0 Å². The Morgan fingerprint density at radius 3 is 3.07 bits per heavy atom. The molecule has 1 amide bonds. The third kappa shape index (κ3) is 1.67. The van der Waals surface area contributed by atoms with Crippen molar-refractivity contribution in [2.75, 3.05) is 12.4 Å². The Morgan fingerprint density at radius 1 is 1.57 bits per heavy atom. The molecule has 1 aliphatic rings. The fraction of sp³-hybridized carbons (Fsp3) is 0.300. The van der Waals surface area contributed by atoms with Gasteiger partial charge in [0.15, 0.2) is 0 Å². The van der Waals surface area contributed by atoms with Gasteiger partial charge in [-0.3, -0.25) is 4.79 Å². The van der Waals surface area contributed by atoms with Crippen LogP contribution in [0.1, 0.15) is 16.1 Å². The average molecular weight is 255 g/mol. The molecule has 0 aliphatic carbocycles. The molecule has 1 aromatic rings. The summed E-state index contributed by atoms with van der Waals surface area (Å²) in [6.45, 7) is 0. The predicted octanol–water partition coefficient (Wildman–Crippen LogP) is 1.79. The number of anilines is 1. The third-order valence-corrected chi connectivity index (χ3v) is 3.29. The number of alkyl halides is 1. The average Bonchev–Trinajstić information content (AvgIpc) is 2.55. The number of halogens is 1. The molecule has 0 aromatic heterocycles. The molecule has 2 N–H and O–H groups in total. The van der Waals surface area contributed by atoms with Crippen molar-refractivity contribution in [3.05, 3.63) is 29.3 Å². The molecule has 0 saturated carbocycles. The summed E-state index contributed by atoms with van der Waals surface area (Å²) in [7, 11) is 1.88. The van der Waals surface area contributed by atoms with E-state index in [1.165, 1.54) is 0 Å². The van der Waals surface area contributed by atoms with Gasteiger partial charge in [-0.25, -0.2) is 0 Å². The summed E-state index contributed by atoms with van der Waals surface area (Å²) < 4.78 is 0. The topological polar surface area (TPSA) is 41.1 Å². The Balaban J connectivity index is 2.32. The first-order valence-corrected chi connectivity index (χ1v) is 5.36. The van der Waals surface area contributed by atoms with Crippen LogP contribution in [-0.4, -0.2) is 13.0 Å². The second kappa shape index (κ2) is 3.71. The molecule has 3 nitrogen and oxygen atoms in total. The van der Waals surface area contributed by atoms with Crippen LogP contribution < -0.4 is 10.6 Å². The molecule has 1 aliphatic heterocycles. The van der Waals surface area contributed by atoms with Gasteiger partial charge in [0.1, 0.15) is 0 Å². The van der Waals surface area contributed by atoms with Gasteiger partial charge in [-0.05, 0) is 24.2 Å². The number of amides is 1. The molecule has 74 valence electrons. The fourth-order valence-corrected chi connectivity index (χ4v) is 1.86. The summed E-state index contributed by atoms with van der Waals surface area (Å²) in [6.07, 6.45) is 0.493. The van der Waals surface area contributed by atoms with E-state index in [0.29, 0.717) is 6.42 Å². The number of hydrogen-bond acceptors (Lipinski definition) is 2. The van der Waals surface area contributed by atoms with Crippen LogP contribution in [0, 0.1) is 0 Å². The van der Waals surface area contributed by atoms with E-state index >= 15 is 0 Å². The van der Waals surface area contributed by atoms with Crippen molar-refractivity contribution >= 4 is 27.5 Å². The normalized spacial score (nSPS) is 16.3. The molecule has 1 aromatic carbocycles. The van der Waals surface area contributed by atoms with Crippen LogP contribution in [0.25, 0.3) is 0 Å². The molecule has 4 heteroatoms. The van der Waals surface area contributed by atoms with Crippen LogP contribution in [-0.2, 0) is 11.2 Å². The Labute approximate surface area is 91.0 Å². The SMILES string of the molecule is CNC(Br)c1ccc2c(c1)CC(=O)N2. The van der Waals surface area contributed by atoms with Gasteiger partial charge in [0.2, 0.25) is 5.91 Å². The van der Waals surface area contributed by atoms with Crippen molar-refractivity contribution in [2.45, 2.75) is 11.4 Å². The maximum atomic E-state index is 11.1. The molecule has 1 unspecified atom stereocenters. The van der Waals surface area contributed by atoms with Crippen molar-refractivity contribution in [3.8, 4) is 0 Å². The summed E-state index contributed by atoms with van der Waals surface area (Å²) in [4.78, 5) is 11.3. The Kier molecular flexibility index (Phi) is 2.56. The minimum Gasteiger partial charge on any atom is -0.326 e. The molecule has 0 saturated heterocycles. The number of fused-ring (bicyclic) bond motifs is 1. The molecule has 0 radical (unpaired) electrons.